The van der Waals surface area contributed by atoms with Crippen LogP contribution in [0, 0.1) is 11.7 Å². The third-order valence-corrected chi connectivity index (χ3v) is 5.32. The van der Waals surface area contributed by atoms with Crippen molar-refractivity contribution in [3.63, 3.8) is 0 Å². The molecule has 2 fully saturated rings. The highest BCUT2D eigenvalue weighted by Crippen LogP contribution is 2.27. The molecule has 0 radical (unpaired) electrons. The standard InChI is InChI=1S/C19H29FN2O2.2ClH/c1-15-5-4-8-19(15)24-14-16(23)13-21-9-11-22(12-10-21)18-7-3-2-6-17(18)20;;/h2-3,6-7,15-16,19,23H,4-5,8-14H2,1H3;2*1H. The first kappa shape index (κ1) is 23.4. The Bertz CT molecular complexity index is 530. The summed E-state index contributed by atoms with van der Waals surface area (Å²) in [6.45, 7) is 6.53. The smallest absolute Gasteiger partial charge is 0.146 e. The molecule has 4 nitrogen and oxygen atoms in total. The molecule has 1 aromatic rings. The van der Waals surface area contributed by atoms with Gasteiger partial charge in [0.25, 0.3) is 0 Å². The number of benzene rings is 1. The molecule has 1 aliphatic carbocycles. The first-order valence-corrected chi connectivity index (χ1v) is 9.15. The second kappa shape index (κ2) is 11.3. The highest BCUT2D eigenvalue weighted by Gasteiger charge is 2.26. The lowest BCUT2D eigenvalue weighted by molar-refractivity contribution is -0.0321. The van der Waals surface area contributed by atoms with Gasteiger partial charge in [-0.3, -0.25) is 4.90 Å². The van der Waals surface area contributed by atoms with Gasteiger partial charge in [-0.25, -0.2) is 4.39 Å². The first-order valence-electron chi connectivity index (χ1n) is 9.15. The van der Waals surface area contributed by atoms with Crippen molar-refractivity contribution in [1.29, 1.82) is 0 Å². The van der Waals surface area contributed by atoms with E-state index in [1.807, 2.05) is 12.1 Å². The quantitative estimate of drug-likeness (QED) is 0.782. The molecule has 1 aromatic carbocycles. The molecule has 7 heteroatoms. The lowest BCUT2D eigenvalue weighted by Gasteiger charge is -2.37. The molecule has 3 atom stereocenters. The van der Waals surface area contributed by atoms with Crippen LogP contribution in [0.25, 0.3) is 0 Å². The van der Waals surface area contributed by atoms with Crippen molar-refractivity contribution in [2.75, 3.05) is 44.2 Å². The van der Waals surface area contributed by atoms with E-state index in [9.17, 15) is 9.50 Å². The van der Waals surface area contributed by atoms with E-state index in [0.29, 0.717) is 30.9 Å². The molecule has 0 amide bonds. The van der Waals surface area contributed by atoms with E-state index in [-0.39, 0.29) is 30.6 Å². The van der Waals surface area contributed by atoms with E-state index >= 15 is 0 Å². The predicted octanol–water partition coefficient (Wildman–Crippen LogP) is 3.36. The van der Waals surface area contributed by atoms with E-state index in [0.717, 1.165) is 32.6 Å². The molecule has 1 saturated heterocycles. The minimum Gasteiger partial charge on any atom is -0.389 e. The van der Waals surface area contributed by atoms with Gasteiger partial charge in [0.05, 0.1) is 24.5 Å². The van der Waals surface area contributed by atoms with Gasteiger partial charge in [-0.2, -0.15) is 0 Å². The van der Waals surface area contributed by atoms with Crippen LogP contribution in [0.5, 0.6) is 0 Å². The predicted molar refractivity (Wildman–Crippen MR) is 108 cm³/mol. The summed E-state index contributed by atoms with van der Waals surface area (Å²) in [6.07, 6.45) is 3.46. The molecular weight excluding hydrogens is 378 g/mol. The number of hydrogen-bond acceptors (Lipinski definition) is 4. The number of nitrogens with zero attached hydrogens (tertiary/aromatic N) is 2. The number of β-amino-alcohol motifs (C(OH)–C–C–N with tert-alkyl or cyclic N) is 1. The van der Waals surface area contributed by atoms with Crippen molar-refractivity contribution in [2.24, 2.45) is 5.92 Å². The first-order chi connectivity index (χ1) is 11.6. The van der Waals surface area contributed by atoms with E-state index in [4.69, 9.17) is 4.74 Å². The fourth-order valence-electron chi connectivity index (χ4n) is 3.82. The molecule has 1 N–H and O–H groups in total. The fraction of sp³-hybridized carbons (Fsp3) is 0.684. The summed E-state index contributed by atoms with van der Waals surface area (Å²) in [5, 5.41) is 10.2. The van der Waals surface area contributed by atoms with Gasteiger partial charge in [0.15, 0.2) is 0 Å². The topological polar surface area (TPSA) is 35.9 Å². The molecule has 1 aliphatic heterocycles. The normalized spacial score (nSPS) is 24.7. The Labute approximate surface area is 168 Å². The van der Waals surface area contributed by atoms with Crippen LogP contribution in [0.1, 0.15) is 26.2 Å². The minimum atomic E-state index is -0.446. The summed E-state index contributed by atoms with van der Waals surface area (Å²) in [7, 11) is 0. The number of aliphatic hydroxyl groups excluding tert-OH is 1. The zero-order valence-electron chi connectivity index (χ0n) is 15.3. The van der Waals surface area contributed by atoms with Crippen LogP contribution in [0.4, 0.5) is 10.1 Å². The van der Waals surface area contributed by atoms with Crippen molar-refractivity contribution < 1.29 is 14.2 Å². The zero-order valence-corrected chi connectivity index (χ0v) is 17.0. The Morgan fingerprint density at radius 2 is 1.85 bits per heavy atom. The fourth-order valence-corrected chi connectivity index (χ4v) is 3.82. The number of halogens is 3. The second-order valence-electron chi connectivity index (χ2n) is 7.17. The monoisotopic (exact) mass is 408 g/mol. The maximum atomic E-state index is 13.8. The van der Waals surface area contributed by atoms with Gasteiger partial charge in [-0.1, -0.05) is 25.5 Å². The molecule has 150 valence electrons. The van der Waals surface area contributed by atoms with Gasteiger partial charge in [-0.05, 0) is 30.9 Å². The molecule has 3 rings (SSSR count). The van der Waals surface area contributed by atoms with Gasteiger partial charge in [-0.15, -0.1) is 24.8 Å². The van der Waals surface area contributed by atoms with Crippen LogP contribution in [-0.4, -0.2) is 61.5 Å². The molecule has 0 spiro atoms. The van der Waals surface area contributed by atoms with E-state index < -0.39 is 6.10 Å². The third kappa shape index (κ3) is 6.24. The van der Waals surface area contributed by atoms with Crippen LogP contribution in [-0.2, 0) is 4.74 Å². The van der Waals surface area contributed by atoms with Gasteiger partial charge in [0, 0.05) is 32.7 Å². The highest BCUT2D eigenvalue weighted by molar-refractivity contribution is 5.85. The number of aliphatic hydroxyl groups is 1. The summed E-state index contributed by atoms with van der Waals surface area (Å²) in [6, 6.07) is 6.93. The van der Waals surface area contributed by atoms with Crippen LogP contribution < -0.4 is 4.90 Å². The Kier molecular flexibility index (Phi) is 10.2. The largest absolute Gasteiger partial charge is 0.389 e. The number of rotatable bonds is 6. The highest BCUT2D eigenvalue weighted by atomic mass is 35.5. The number of para-hydroxylation sites is 1. The van der Waals surface area contributed by atoms with Gasteiger partial charge in [0.1, 0.15) is 5.82 Å². The second-order valence-corrected chi connectivity index (χ2v) is 7.17. The van der Waals surface area contributed by atoms with Crippen molar-refractivity contribution in [3.8, 4) is 0 Å². The maximum absolute atomic E-state index is 13.8. The number of anilines is 1. The van der Waals surface area contributed by atoms with Crippen LogP contribution in [0.3, 0.4) is 0 Å². The molecular formula is C19H31Cl2FN2O2. The summed E-state index contributed by atoms with van der Waals surface area (Å²) < 4.78 is 19.7. The average Bonchev–Trinajstić information content (AvgIpc) is 2.99. The molecule has 3 unspecified atom stereocenters. The van der Waals surface area contributed by atoms with Crippen molar-refractivity contribution >= 4 is 30.5 Å². The Hall–Kier alpha value is -0.590. The molecule has 26 heavy (non-hydrogen) atoms. The van der Waals surface area contributed by atoms with E-state index in [1.54, 1.807) is 6.07 Å². The average molecular weight is 409 g/mol. The van der Waals surface area contributed by atoms with Gasteiger partial charge in [0.2, 0.25) is 0 Å². The Morgan fingerprint density at radius 1 is 1.15 bits per heavy atom. The summed E-state index contributed by atoms with van der Waals surface area (Å²) >= 11 is 0. The molecule has 2 aliphatic rings. The molecule has 0 bridgehead atoms. The number of hydrogen-bond donors (Lipinski definition) is 1. The number of ether oxygens (including phenoxy) is 1. The lowest BCUT2D eigenvalue weighted by atomic mass is 10.1. The summed E-state index contributed by atoms with van der Waals surface area (Å²) in [5.74, 6) is 0.451. The summed E-state index contributed by atoms with van der Waals surface area (Å²) in [5.41, 5.74) is 0.677. The minimum absolute atomic E-state index is 0. The number of piperazine rings is 1. The van der Waals surface area contributed by atoms with Crippen molar-refractivity contribution in [1.82, 2.24) is 4.90 Å². The Morgan fingerprint density at radius 3 is 2.46 bits per heavy atom. The molecule has 1 heterocycles. The molecule has 0 aromatic heterocycles. The van der Waals surface area contributed by atoms with E-state index in [1.165, 1.54) is 18.9 Å². The van der Waals surface area contributed by atoms with Gasteiger partial charge < -0.3 is 14.7 Å². The van der Waals surface area contributed by atoms with Crippen molar-refractivity contribution in [2.45, 2.75) is 38.4 Å². The Balaban J connectivity index is 0.00000169. The van der Waals surface area contributed by atoms with Crippen LogP contribution in [0.2, 0.25) is 0 Å². The van der Waals surface area contributed by atoms with Crippen LogP contribution in [0.15, 0.2) is 24.3 Å². The molecule has 1 saturated carbocycles. The maximum Gasteiger partial charge on any atom is 0.146 e. The van der Waals surface area contributed by atoms with Gasteiger partial charge >= 0.3 is 0 Å². The third-order valence-electron chi connectivity index (χ3n) is 5.32. The van der Waals surface area contributed by atoms with Crippen molar-refractivity contribution in [3.05, 3.63) is 30.1 Å². The van der Waals surface area contributed by atoms with Crippen LogP contribution >= 0.6 is 24.8 Å². The van der Waals surface area contributed by atoms with E-state index in [2.05, 4.69) is 16.7 Å². The lowest BCUT2D eigenvalue weighted by Crippen LogP contribution is -2.49. The summed E-state index contributed by atoms with van der Waals surface area (Å²) in [4.78, 5) is 4.32. The zero-order chi connectivity index (χ0) is 16.9. The SMILES string of the molecule is CC1CCCC1OCC(O)CN1CCN(c2ccccc2F)CC1.Cl.Cl.